The summed E-state index contributed by atoms with van der Waals surface area (Å²) < 4.78 is 5.78. The zero-order valence-electron chi connectivity index (χ0n) is 25.7. The Morgan fingerprint density at radius 3 is 2.29 bits per heavy atom. The number of nitrogens with two attached hydrogens (primary N) is 1. The molecule has 0 radical (unpaired) electrons. The third-order valence-corrected chi connectivity index (χ3v) is 8.04. The molecule has 0 bridgehead atoms. The molecule has 1 rings (SSSR count). The van der Waals surface area contributed by atoms with Crippen LogP contribution in [0, 0.1) is 0 Å². The fraction of sp³-hybridized carbons (Fsp3) is 0.581. The van der Waals surface area contributed by atoms with E-state index in [0.717, 1.165) is 42.3 Å². The Hall–Kier alpha value is -3.62. The maximum absolute atomic E-state index is 12.7. The minimum absolute atomic E-state index is 0.0581. The van der Waals surface area contributed by atoms with Crippen molar-refractivity contribution in [2.45, 2.75) is 94.6 Å². The molecule has 0 aromatic heterocycles. The maximum atomic E-state index is 12.7. The lowest BCUT2D eigenvalue weighted by molar-refractivity contribution is -0.139. The molecule has 0 spiro atoms. The molecule has 0 aliphatic carbocycles. The lowest BCUT2D eigenvalue weighted by Gasteiger charge is -2.23. The summed E-state index contributed by atoms with van der Waals surface area (Å²) in [5.74, 6) is -4.24. The number of aliphatic hydroxyl groups excluding tert-OH is 1. The standard InChI is InChI=1S/C31H47N3O10S/c1-2-3-4-5-18-44-22-14-12-21(13-15-22)8-6-10-26(25(35)9-7-11-28(37)38)45-20-24(30(41)33-19-29(39)40)34-27(36)17-16-23(32)31(42)43/h6,10,12-15,23-26,35H,2-5,7-9,11,16-20,32H2,1H3,(H,33,41)(H,34,36)(H,37,38)(H,39,40)(H,42,43)/b10-6+/t23?,24?,25-,26+/m1/s1. The molecule has 0 saturated heterocycles. The monoisotopic (exact) mass is 653 g/mol. The molecule has 0 aliphatic heterocycles. The van der Waals surface area contributed by atoms with Crippen LogP contribution in [-0.2, 0) is 30.4 Å². The highest BCUT2D eigenvalue weighted by Gasteiger charge is 2.26. The summed E-state index contributed by atoms with van der Waals surface area (Å²) in [5, 5.41) is 41.9. The van der Waals surface area contributed by atoms with Crippen LogP contribution in [0.1, 0.15) is 70.3 Å². The van der Waals surface area contributed by atoms with Crippen molar-refractivity contribution in [3.05, 3.63) is 42.0 Å². The summed E-state index contributed by atoms with van der Waals surface area (Å²) in [4.78, 5) is 58.1. The summed E-state index contributed by atoms with van der Waals surface area (Å²) in [6, 6.07) is 5.20. The van der Waals surface area contributed by atoms with Crippen molar-refractivity contribution in [2.24, 2.45) is 5.73 Å². The topological polar surface area (TPSA) is 226 Å². The van der Waals surface area contributed by atoms with Crippen molar-refractivity contribution < 1.29 is 49.1 Å². The van der Waals surface area contributed by atoms with Crippen LogP contribution in [-0.4, -0.2) is 92.5 Å². The van der Waals surface area contributed by atoms with Gasteiger partial charge in [-0.25, -0.2) is 0 Å². The number of carboxylic acids is 3. The van der Waals surface area contributed by atoms with Crippen LogP contribution < -0.4 is 21.1 Å². The molecular weight excluding hydrogens is 606 g/mol. The fourth-order valence-corrected chi connectivity index (χ4v) is 5.28. The summed E-state index contributed by atoms with van der Waals surface area (Å²) in [6.45, 7) is 2.13. The van der Waals surface area contributed by atoms with E-state index in [-0.39, 0.29) is 37.9 Å². The maximum Gasteiger partial charge on any atom is 0.322 e. The number of carbonyl (C=O) groups is 5. The van der Waals surface area contributed by atoms with Gasteiger partial charge in [0.25, 0.3) is 0 Å². The zero-order chi connectivity index (χ0) is 33.6. The first-order valence-corrected chi connectivity index (χ1v) is 16.1. The summed E-state index contributed by atoms with van der Waals surface area (Å²) >= 11 is 1.14. The van der Waals surface area contributed by atoms with Gasteiger partial charge in [0, 0.05) is 23.8 Å². The molecule has 1 aromatic rings. The molecule has 0 fully saturated rings. The van der Waals surface area contributed by atoms with E-state index < -0.39 is 59.7 Å². The van der Waals surface area contributed by atoms with E-state index in [0.29, 0.717) is 13.0 Å². The van der Waals surface area contributed by atoms with E-state index >= 15 is 0 Å². The number of thioether (sulfide) groups is 1. The number of aliphatic hydroxyl groups is 1. The normalized spacial score (nSPS) is 13.8. The van der Waals surface area contributed by atoms with E-state index in [9.17, 15) is 29.1 Å². The van der Waals surface area contributed by atoms with Gasteiger partial charge in [0.1, 0.15) is 24.4 Å². The van der Waals surface area contributed by atoms with E-state index in [2.05, 4.69) is 17.6 Å². The van der Waals surface area contributed by atoms with Crippen LogP contribution in [0.4, 0.5) is 0 Å². The van der Waals surface area contributed by atoms with Crippen molar-refractivity contribution in [1.29, 1.82) is 0 Å². The van der Waals surface area contributed by atoms with Gasteiger partial charge in [0.2, 0.25) is 11.8 Å². The van der Waals surface area contributed by atoms with Crippen molar-refractivity contribution in [2.75, 3.05) is 18.9 Å². The molecule has 1 aromatic carbocycles. The second-order valence-corrected chi connectivity index (χ2v) is 11.8. The number of amides is 2. The number of benzene rings is 1. The highest BCUT2D eigenvalue weighted by atomic mass is 32.2. The smallest absolute Gasteiger partial charge is 0.322 e. The number of ether oxygens (including phenoxy) is 1. The van der Waals surface area contributed by atoms with Gasteiger partial charge in [0.15, 0.2) is 0 Å². The first-order valence-electron chi connectivity index (χ1n) is 15.1. The number of carboxylic acid groups (broad SMARTS) is 3. The van der Waals surface area contributed by atoms with Crippen LogP contribution in [0.15, 0.2) is 36.4 Å². The number of unbranched alkanes of at least 4 members (excludes halogenated alkanes) is 3. The van der Waals surface area contributed by atoms with Crippen molar-refractivity contribution in [3.63, 3.8) is 0 Å². The molecule has 252 valence electrons. The number of allylic oxidation sites excluding steroid dienone is 1. The molecule has 13 nitrogen and oxygen atoms in total. The van der Waals surface area contributed by atoms with E-state index in [1.165, 1.54) is 6.42 Å². The van der Waals surface area contributed by atoms with Gasteiger partial charge in [-0.05, 0) is 49.8 Å². The molecule has 8 N–H and O–H groups in total. The second-order valence-electron chi connectivity index (χ2n) is 10.6. The quantitative estimate of drug-likeness (QED) is 0.0596. The summed E-state index contributed by atoms with van der Waals surface area (Å²) in [7, 11) is 0. The van der Waals surface area contributed by atoms with E-state index in [1.807, 2.05) is 30.3 Å². The summed E-state index contributed by atoms with van der Waals surface area (Å²) in [6.07, 6.45) is 7.46. The van der Waals surface area contributed by atoms with Crippen LogP contribution in [0.5, 0.6) is 5.75 Å². The summed E-state index contributed by atoms with van der Waals surface area (Å²) in [5.41, 5.74) is 6.44. The number of carbonyl (C=O) groups excluding carboxylic acids is 2. The third kappa shape index (κ3) is 18.7. The Labute approximate surface area is 268 Å². The van der Waals surface area contributed by atoms with Gasteiger partial charge in [-0.15, -0.1) is 11.8 Å². The average Bonchev–Trinajstić information content (AvgIpc) is 2.99. The van der Waals surface area contributed by atoms with Crippen LogP contribution in [0.25, 0.3) is 0 Å². The molecule has 2 unspecified atom stereocenters. The Kier molecular flexibility index (Phi) is 20.0. The highest BCUT2D eigenvalue weighted by molar-refractivity contribution is 8.00. The average molecular weight is 654 g/mol. The molecule has 0 heterocycles. The molecule has 0 aliphatic rings. The first kappa shape index (κ1) is 39.4. The molecule has 2 amide bonds. The van der Waals surface area contributed by atoms with Gasteiger partial charge in [-0.1, -0.05) is 50.5 Å². The van der Waals surface area contributed by atoms with Gasteiger partial charge in [0.05, 0.1) is 12.7 Å². The van der Waals surface area contributed by atoms with Gasteiger partial charge in [-0.3, -0.25) is 24.0 Å². The largest absolute Gasteiger partial charge is 0.494 e. The first-order chi connectivity index (χ1) is 21.4. The highest BCUT2D eigenvalue weighted by Crippen LogP contribution is 2.22. The van der Waals surface area contributed by atoms with Gasteiger partial charge < -0.3 is 41.5 Å². The predicted molar refractivity (Wildman–Crippen MR) is 170 cm³/mol. The van der Waals surface area contributed by atoms with E-state index in [4.69, 9.17) is 25.8 Å². The number of hydrogen-bond acceptors (Lipinski definition) is 9. The minimum Gasteiger partial charge on any atom is -0.494 e. The predicted octanol–water partition coefficient (Wildman–Crippen LogP) is 2.34. The number of rotatable bonds is 25. The van der Waals surface area contributed by atoms with E-state index in [1.54, 1.807) is 6.08 Å². The third-order valence-electron chi connectivity index (χ3n) is 6.66. The molecule has 0 saturated carbocycles. The number of aliphatic carboxylic acids is 3. The molecule has 45 heavy (non-hydrogen) atoms. The second kappa shape index (κ2) is 22.8. The van der Waals surface area contributed by atoms with Gasteiger partial charge >= 0.3 is 17.9 Å². The number of hydrogen-bond donors (Lipinski definition) is 7. The van der Waals surface area contributed by atoms with Crippen LogP contribution in [0.2, 0.25) is 0 Å². The van der Waals surface area contributed by atoms with Crippen molar-refractivity contribution in [1.82, 2.24) is 10.6 Å². The number of nitrogens with one attached hydrogen (secondary N) is 2. The van der Waals surface area contributed by atoms with Crippen molar-refractivity contribution in [3.8, 4) is 5.75 Å². The fourth-order valence-electron chi connectivity index (χ4n) is 4.05. The molecule has 14 heteroatoms. The van der Waals surface area contributed by atoms with Crippen LogP contribution >= 0.6 is 11.8 Å². The van der Waals surface area contributed by atoms with Crippen LogP contribution in [0.3, 0.4) is 0 Å². The minimum atomic E-state index is -1.28. The Morgan fingerprint density at radius 1 is 0.956 bits per heavy atom. The lowest BCUT2D eigenvalue weighted by atomic mass is 10.1. The van der Waals surface area contributed by atoms with Crippen molar-refractivity contribution >= 4 is 41.5 Å². The Bertz CT molecular complexity index is 1100. The Morgan fingerprint density at radius 2 is 1.67 bits per heavy atom. The molecule has 4 atom stereocenters. The molecular formula is C31H47N3O10S. The lowest BCUT2D eigenvalue weighted by Crippen LogP contribution is -2.50. The Balaban J connectivity index is 2.92. The SMILES string of the molecule is CCCCCCOc1ccc(C/C=C/[C@H](SCC(NC(=O)CCC(N)C(=O)O)C(=O)NCC(=O)O)[C@H](O)CCCC(=O)O)cc1. The zero-order valence-corrected chi connectivity index (χ0v) is 26.5. The van der Waals surface area contributed by atoms with Gasteiger partial charge in [-0.2, -0.15) is 0 Å².